The van der Waals surface area contributed by atoms with Gasteiger partial charge in [0.25, 0.3) is 0 Å². The van der Waals surface area contributed by atoms with Crippen LogP contribution in [0.4, 0.5) is 5.82 Å². The van der Waals surface area contributed by atoms with Crippen LogP contribution in [0, 0.1) is 0 Å². The Hall–Kier alpha value is -1.51. The molecule has 0 fully saturated rings. The molecule has 0 radical (unpaired) electrons. The fraction of sp³-hybridized carbons (Fsp3) is 0.267. The summed E-state index contributed by atoms with van der Waals surface area (Å²) in [5.41, 5.74) is 0.780. The van der Waals surface area contributed by atoms with E-state index in [1.807, 2.05) is 30.7 Å². The molecule has 3 aromatic heterocycles. The van der Waals surface area contributed by atoms with Gasteiger partial charge in [0.1, 0.15) is 10.8 Å². The third-order valence-electron chi connectivity index (χ3n) is 3.10. The molecule has 3 heterocycles. The number of carbonyl (C=O) groups is 1. The van der Waals surface area contributed by atoms with Crippen LogP contribution in [0.2, 0.25) is 0 Å². The molecule has 0 saturated carbocycles. The van der Waals surface area contributed by atoms with Crippen LogP contribution >= 0.6 is 38.6 Å². The van der Waals surface area contributed by atoms with Gasteiger partial charge in [0.05, 0.1) is 23.2 Å². The first-order chi connectivity index (χ1) is 11.0. The van der Waals surface area contributed by atoms with Crippen LogP contribution in [0.1, 0.15) is 25.6 Å². The molecule has 0 aliphatic heterocycles. The van der Waals surface area contributed by atoms with Crippen molar-refractivity contribution in [3.63, 3.8) is 0 Å². The van der Waals surface area contributed by atoms with Crippen LogP contribution in [-0.2, 0) is 11.2 Å². The van der Waals surface area contributed by atoms with Crippen LogP contribution in [0.15, 0.2) is 33.6 Å². The standard InChI is InChI=1S/C15H15BrN4OS2/c1-9(2)20-13(3-4-17-20)19-14(21)6-11-8-23-15(18-11)12-5-10(16)7-22-12/h3-5,7-9H,6H2,1-2H3,(H,19,21). The van der Waals surface area contributed by atoms with Crippen LogP contribution in [-0.4, -0.2) is 20.7 Å². The molecule has 0 spiro atoms. The fourth-order valence-corrected chi connectivity index (χ4v) is 4.43. The van der Waals surface area contributed by atoms with Crippen LogP contribution in [0.5, 0.6) is 0 Å². The summed E-state index contributed by atoms with van der Waals surface area (Å²) in [6, 6.07) is 4.03. The van der Waals surface area contributed by atoms with Gasteiger partial charge in [0.2, 0.25) is 5.91 Å². The lowest BCUT2D eigenvalue weighted by atomic mass is 10.3. The summed E-state index contributed by atoms with van der Waals surface area (Å²) < 4.78 is 2.84. The molecule has 23 heavy (non-hydrogen) atoms. The number of nitrogens with one attached hydrogen (secondary N) is 1. The predicted molar refractivity (Wildman–Crippen MR) is 98.1 cm³/mol. The number of rotatable bonds is 5. The monoisotopic (exact) mass is 410 g/mol. The minimum Gasteiger partial charge on any atom is -0.311 e. The lowest BCUT2D eigenvalue weighted by molar-refractivity contribution is -0.115. The average molecular weight is 411 g/mol. The van der Waals surface area contributed by atoms with Crippen LogP contribution in [0.25, 0.3) is 9.88 Å². The van der Waals surface area contributed by atoms with Gasteiger partial charge in [-0.05, 0) is 35.8 Å². The van der Waals surface area contributed by atoms with Gasteiger partial charge in [0, 0.05) is 27.3 Å². The summed E-state index contributed by atoms with van der Waals surface area (Å²) in [6.07, 6.45) is 1.94. The molecule has 1 amide bonds. The van der Waals surface area contributed by atoms with E-state index in [4.69, 9.17) is 0 Å². The first-order valence-corrected chi connectivity index (χ1v) is 9.60. The van der Waals surface area contributed by atoms with Crippen molar-refractivity contribution < 1.29 is 4.79 Å². The molecular formula is C15H15BrN4OS2. The van der Waals surface area contributed by atoms with E-state index < -0.39 is 0 Å². The maximum absolute atomic E-state index is 12.2. The molecule has 3 rings (SSSR count). The summed E-state index contributed by atoms with van der Waals surface area (Å²) in [7, 11) is 0. The first-order valence-electron chi connectivity index (χ1n) is 7.05. The third kappa shape index (κ3) is 3.88. The highest BCUT2D eigenvalue weighted by molar-refractivity contribution is 9.10. The number of hydrogen-bond acceptors (Lipinski definition) is 5. The van der Waals surface area contributed by atoms with Gasteiger partial charge in [-0.3, -0.25) is 4.79 Å². The molecule has 8 heteroatoms. The zero-order valence-electron chi connectivity index (χ0n) is 12.6. The summed E-state index contributed by atoms with van der Waals surface area (Å²) in [5.74, 6) is 0.624. The minimum absolute atomic E-state index is 0.0865. The molecule has 0 bridgehead atoms. The van der Waals surface area contributed by atoms with Crippen molar-refractivity contribution in [2.45, 2.75) is 26.3 Å². The number of hydrogen-bond donors (Lipinski definition) is 1. The zero-order chi connectivity index (χ0) is 16.4. The van der Waals surface area contributed by atoms with E-state index in [1.165, 1.54) is 0 Å². The van der Waals surface area contributed by atoms with Gasteiger partial charge in [-0.1, -0.05) is 0 Å². The van der Waals surface area contributed by atoms with Crippen molar-refractivity contribution in [2.75, 3.05) is 5.32 Å². The van der Waals surface area contributed by atoms with Gasteiger partial charge < -0.3 is 5.32 Å². The Labute approximate surface area is 150 Å². The molecule has 0 aliphatic carbocycles. The second-order valence-corrected chi connectivity index (χ2v) is 7.94. The number of thiazole rings is 1. The molecule has 0 aliphatic rings. The molecule has 0 aromatic carbocycles. The van der Waals surface area contributed by atoms with E-state index in [9.17, 15) is 4.79 Å². The van der Waals surface area contributed by atoms with Gasteiger partial charge >= 0.3 is 0 Å². The van der Waals surface area contributed by atoms with E-state index in [0.29, 0.717) is 5.82 Å². The number of thiophene rings is 1. The molecular weight excluding hydrogens is 396 g/mol. The summed E-state index contributed by atoms with van der Waals surface area (Å²) in [6.45, 7) is 4.04. The van der Waals surface area contributed by atoms with Crippen LogP contribution < -0.4 is 5.32 Å². The highest BCUT2D eigenvalue weighted by atomic mass is 79.9. The van der Waals surface area contributed by atoms with Gasteiger partial charge in [-0.25, -0.2) is 9.67 Å². The first kappa shape index (κ1) is 16.4. The number of carbonyl (C=O) groups excluding carboxylic acids is 1. The highest BCUT2D eigenvalue weighted by Gasteiger charge is 2.13. The Bertz CT molecular complexity index is 821. The van der Waals surface area contributed by atoms with Crippen molar-refractivity contribution >= 4 is 50.3 Å². The van der Waals surface area contributed by atoms with E-state index in [1.54, 1.807) is 39.6 Å². The van der Waals surface area contributed by atoms with E-state index in [0.717, 1.165) is 20.1 Å². The molecule has 3 aromatic rings. The summed E-state index contributed by atoms with van der Waals surface area (Å²) in [4.78, 5) is 17.9. The summed E-state index contributed by atoms with van der Waals surface area (Å²) in [5, 5.41) is 12.0. The average Bonchev–Trinajstić information content (AvgIpc) is 3.19. The Kier molecular flexibility index (Phi) is 4.93. The number of aromatic nitrogens is 3. The Morgan fingerprint density at radius 1 is 1.39 bits per heavy atom. The quantitative estimate of drug-likeness (QED) is 0.668. The summed E-state index contributed by atoms with van der Waals surface area (Å²) >= 11 is 6.63. The van der Waals surface area contributed by atoms with Gasteiger partial charge in [-0.15, -0.1) is 22.7 Å². The number of amides is 1. The largest absolute Gasteiger partial charge is 0.311 e. The molecule has 0 atom stereocenters. The smallest absolute Gasteiger partial charge is 0.231 e. The lowest BCUT2D eigenvalue weighted by Gasteiger charge is -2.11. The SMILES string of the molecule is CC(C)n1nccc1NC(=O)Cc1csc(-c2cc(Br)cs2)n1. The Morgan fingerprint density at radius 2 is 2.22 bits per heavy atom. The molecule has 120 valence electrons. The molecule has 0 unspecified atom stereocenters. The predicted octanol–water partition coefficient (Wildman–Crippen LogP) is 4.59. The minimum atomic E-state index is -0.0865. The number of halogens is 1. The van der Waals surface area contributed by atoms with Crippen molar-refractivity contribution in [3.05, 3.63) is 39.3 Å². The van der Waals surface area contributed by atoms with Gasteiger partial charge in [-0.2, -0.15) is 5.10 Å². The van der Waals surface area contributed by atoms with Crippen molar-refractivity contribution in [1.82, 2.24) is 14.8 Å². The molecule has 1 N–H and O–H groups in total. The fourth-order valence-electron chi connectivity index (χ4n) is 2.10. The number of nitrogens with zero attached hydrogens (tertiary/aromatic N) is 3. The van der Waals surface area contributed by atoms with E-state index in [2.05, 4.69) is 31.3 Å². The number of anilines is 1. The van der Waals surface area contributed by atoms with E-state index >= 15 is 0 Å². The van der Waals surface area contributed by atoms with Gasteiger partial charge in [0.15, 0.2) is 0 Å². The van der Waals surface area contributed by atoms with E-state index in [-0.39, 0.29) is 18.4 Å². The second kappa shape index (κ2) is 6.94. The second-order valence-electron chi connectivity index (χ2n) is 5.25. The van der Waals surface area contributed by atoms with Crippen LogP contribution in [0.3, 0.4) is 0 Å². The molecule has 5 nitrogen and oxygen atoms in total. The maximum atomic E-state index is 12.2. The van der Waals surface area contributed by atoms with Crippen molar-refractivity contribution in [2.24, 2.45) is 0 Å². The highest BCUT2D eigenvalue weighted by Crippen LogP contribution is 2.32. The van der Waals surface area contributed by atoms with Crippen molar-refractivity contribution in [1.29, 1.82) is 0 Å². The normalized spacial score (nSPS) is 11.1. The lowest BCUT2D eigenvalue weighted by Crippen LogP contribution is -2.18. The topological polar surface area (TPSA) is 59.8 Å². The third-order valence-corrected chi connectivity index (χ3v) is 5.85. The Morgan fingerprint density at radius 3 is 2.91 bits per heavy atom. The zero-order valence-corrected chi connectivity index (χ0v) is 15.8. The maximum Gasteiger partial charge on any atom is 0.231 e. The Balaban J connectivity index is 1.66. The van der Waals surface area contributed by atoms with Crippen molar-refractivity contribution in [3.8, 4) is 9.88 Å². The molecule has 0 saturated heterocycles.